The molecule has 1 aromatic rings. The minimum atomic E-state index is -0.0472. The zero-order valence-corrected chi connectivity index (χ0v) is 11.9. The Morgan fingerprint density at radius 2 is 2.11 bits per heavy atom. The van der Waals surface area contributed by atoms with Gasteiger partial charge in [0.2, 0.25) is 0 Å². The van der Waals surface area contributed by atoms with Gasteiger partial charge in [-0.05, 0) is 18.9 Å². The Bertz CT molecular complexity index is 464. The number of fused-ring (bicyclic) bond motifs is 1. The molecule has 2 saturated heterocycles. The molecule has 0 radical (unpaired) electrons. The van der Waals surface area contributed by atoms with E-state index in [4.69, 9.17) is 4.74 Å². The first-order valence-corrected chi connectivity index (χ1v) is 7.21. The molecule has 0 bridgehead atoms. The third-order valence-corrected chi connectivity index (χ3v) is 4.73. The summed E-state index contributed by atoms with van der Waals surface area (Å²) in [6.07, 6.45) is 1.62. The molecule has 104 valence electrons. The number of aromatic nitrogens is 1. The second-order valence-corrected chi connectivity index (χ2v) is 6.26. The van der Waals surface area contributed by atoms with Crippen LogP contribution in [0.2, 0.25) is 0 Å². The summed E-state index contributed by atoms with van der Waals surface area (Å²) in [5.74, 6) is 1.25. The second-order valence-electron chi connectivity index (χ2n) is 5.27. The van der Waals surface area contributed by atoms with E-state index in [1.165, 1.54) is 11.3 Å². The zero-order chi connectivity index (χ0) is 13.4. The highest BCUT2D eigenvalue weighted by atomic mass is 32.1. The molecule has 0 aliphatic carbocycles. The molecule has 3 heterocycles. The van der Waals surface area contributed by atoms with Crippen molar-refractivity contribution in [2.24, 2.45) is 11.8 Å². The van der Waals surface area contributed by atoms with Crippen LogP contribution in [0.25, 0.3) is 0 Å². The number of carbonyl (C=O) groups excluding carboxylic acids is 1. The number of nitrogens with one attached hydrogen (secondary N) is 1. The van der Waals surface area contributed by atoms with Gasteiger partial charge in [-0.2, -0.15) is 0 Å². The monoisotopic (exact) mass is 282 g/mol. The SMILES string of the molecule is COc1cnc(NC(=O)N2C[C@H]3CN(C)C[C@H]3C2)s1. The molecule has 2 amide bonds. The van der Waals surface area contributed by atoms with Gasteiger partial charge in [0.05, 0.1) is 13.3 Å². The van der Waals surface area contributed by atoms with Crippen molar-refractivity contribution in [2.75, 3.05) is 45.7 Å². The summed E-state index contributed by atoms with van der Waals surface area (Å²) >= 11 is 1.34. The van der Waals surface area contributed by atoms with Crippen molar-refractivity contribution in [1.29, 1.82) is 0 Å². The molecular weight excluding hydrogens is 264 g/mol. The topological polar surface area (TPSA) is 57.7 Å². The number of urea groups is 1. The minimum Gasteiger partial charge on any atom is -0.486 e. The molecule has 1 aromatic heterocycles. The lowest BCUT2D eigenvalue weighted by Gasteiger charge is -2.19. The highest BCUT2D eigenvalue weighted by molar-refractivity contribution is 7.17. The Kier molecular flexibility index (Phi) is 3.32. The first kappa shape index (κ1) is 12.7. The molecule has 7 heteroatoms. The van der Waals surface area contributed by atoms with Gasteiger partial charge in [-0.1, -0.05) is 11.3 Å². The zero-order valence-electron chi connectivity index (χ0n) is 11.1. The second kappa shape index (κ2) is 4.97. The number of hydrogen-bond donors (Lipinski definition) is 1. The van der Waals surface area contributed by atoms with Gasteiger partial charge in [0.1, 0.15) is 0 Å². The van der Waals surface area contributed by atoms with E-state index in [9.17, 15) is 4.79 Å². The van der Waals surface area contributed by atoms with E-state index in [0.29, 0.717) is 22.0 Å². The average molecular weight is 282 g/mol. The van der Waals surface area contributed by atoms with Gasteiger partial charge in [-0.15, -0.1) is 0 Å². The van der Waals surface area contributed by atoms with Crippen molar-refractivity contribution in [1.82, 2.24) is 14.8 Å². The molecule has 2 atom stereocenters. The number of thiazole rings is 1. The summed E-state index contributed by atoms with van der Waals surface area (Å²) < 4.78 is 5.06. The van der Waals surface area contributed by atoms with Gasteiger partial charge in [-0.3, -0.25) is 5.32 Å². The van der Waals surface area contributed by atoms with Crippen LogP contribution in [0.1, 0.15) is 0 Å². The Morgan fingerprint density at radius 3 is 2.68 bits per heavy atom. The number of ether oxygens (including phenoxy) is 1. The number of likely N-dealkylation sites (tertiary alicyclic amines) is 2. The van der Waals surface area contributed by atoms with Crippen molar-refractivity contribution in [3.05, 3.63) is 6.20 Å². The summed E-state index contributed by atoms with van der Waals surface area (Å²) in [4.78, 5) is 20.5. The van der Waals surface area contributed by atoms with Gasteiger partial charge < -0.3 is 14.5 Å². The predicted octanol–water partition coefficient (Wildman–Crippen LogP) is 1.18. The molecule has 0 aromatic carbocycles. The van der Waals surface area contributed by atoms with Crippen LogP contribution in [-0.4, -0.2) is 61.2 Å². The summed E-state index contributed by atoms with van der Waals surface area (Å²) in [7, 11) is 3.74. The number of nitrogens with zero attached hydrogens (tertiary/aromatic N) is 3. The highest BCUT2D eigenvalue weighted by Crippen LogP contribution is 2.31. The van der Waals surface area contributed by atoms with Gasteiger partial charge in [-0.25, -0.2) is 9.78 Å². The molecule has 19 heavy (non-hydrogen) atoms. The average Bonchev–Trinajstić information content (AvgIpc) is 3.02. The fraction of sp³-hybridized carbons (Fsp3) is 0.667. The van der Waals surface area contributed by atoms with Crippen LogP contribution in [0.4, 0.5) is 9.93 Å². The predicted molar refractivity (Wildman–Crippen MR) is 73.7 cm³/mol. The normalized spacial score (nSPS) is 26.5. The lowest BCUT2D eigenvalue weighted by molar-refractivity contribution is 0.215. The van der Waals surface area contributed by atoms with E-state index in [2.05, 4.69) is 22.2 Å². The van der Waals surface area contributed by atoms with Crippen molar-refractivity contribution in [3.63, 3.8) is 0 Å². The maximum Gasteiger partial charge on any atom is 0.323 e. The first-order chi connectivity index (χ1) is 9.15. The number of methoxy groups -OCH3 is 1. The van der Waals surface area contributed by atoms with Crippen molar-refractivity contribution >= 4 is 22.5 Å². The van der Waals surface area contributed by atoms with Crippen LogP contribution in [0, 0.1) is 11.8 Å². The van der Waals surface area contributed by atoms with Crippen LogP contribution in [0.5, 0.6) is 5.06 Å². The molecule has 2 aliphatic heterocycles. The maximum absolute atomic E-state index is 12.2. The molecule has 0 saturated carbocycles. The molecule has 2 fully saturated rings. The van der Waals surface area contributed by atoms with Crippen LogP contribution in [-0.2, 0) is 0 Å². The van der Waals surface area contributed by atoms with Crippen LogP contribution in [0.3, 0.4) is 0 Å². The minimum absolute atomic E-state index is 0.0472. The van der Waals surface area contributed by atoms with Gasteiger partial charge in [0, 0.05) is 26.2 Å². The van der Waals surface area contributed by atoms with E-state index >= 15 is 0 Å². The van der Waals surface area contributed by atoms with E-state index in [1.54, 1.807) is 13.3 Å². The van der Waals surface area contributed by atoms with Crippen LogP contribution < -0.4 is 10.1 Å². The van der Waals surface area contributed by atoms with Gasteiger partial charge in [0.25, 0.3) is 0 Å². The van der Waals surface area contributed by atoms with Gasteiger partial charge >= 0.3 is 6.03 Å². The number of carbonyl (C=O) groups is 1. The fourth-order valence-corrected chi connectivity index (χ4v) is 3.60. The smallest absolute Gasteiger partial charge is 0.323 e. The molecule has 0 unspecified atom stereocenters. The van der Waals surface area contributed by atoms with E-state index < -0.39 is 0 Å². The summed E-state index contributed by atoms with van der Waals surface area (Å²) in [5, 5.41) is 4.14. The molecular formula is C12H18N4O2S. The van der Waals surface area contributed by atoms with E-state index in [0.717, 1.165) is 26.2 Å². The standard InChI is InChI=1S/C12H18N4O2S/c1-15-4-8-6-16(7-9(8)5-15)12(17)14-11-13-3-10(18-2)19-11/h3,8-9H,4-7H2,1-2H3,(H,13,14,17)/t8-,9+. The number of anilines is 1. The molecule has 2 aliphatic rings. The van der Waals surface area contributed by atoms with Gasteiger partial charge in [0.15, 0.2) is 10.2 Å². The number of hydrogen-bond acceptors (Lipinski definition) is 5. The molecule has 0 spiro atoms. The molecule has 1 N–H and O–H groups in total. The third kappa shape index (κ3) is 2.52. The molecule has 6 nitrogen and oxygen atoms in total. The highest BCUT2D eigenvalue weighted by Gasteiger charge is 2.40. The lowest BCUT2D eigenvalue weighted by Crippen LogP contribution is -2.35. The maximum atomic E-state index is 12.2. The Labute approximate surface area is 116 Å². The van der Waals surface area contributed by atoms with E-state index in [1.807, 2.05) is 4.90 Å². The summed E-state index contributed by atoms with van der Waals surface area (Å²) in [6, 6.07) is -0.0472. The quantitative estimate of drug-likeness (QED) is 0.885. The van der Waals surface area contributed by atoms with Crippen molar-refractivity contribution in [3.8, 4) is 5.06 Å². The van der Waals surface area contributed by atoms with Crippen LogP contribution in [0.15, 0.2) is 6.20 Å². The van der Waals surface area contributed by atoms with Crippen molar-refractivity contribution in [2.45, 2.75) is 0 Å². The third-order valence-electron chi connectivity index (χ3n) is 3.86. The number of amides is 2. The molecule has 3 rings (SSSR count). The lowest BCUT2D eigenvalue weighted by atomic mass is 10.0. The Balaban J connectivity index is 1.57. The van der Waals surface area contributed by atoms with E-state index in [-0.39, 0.29) is 6.03 Å². The summed E-state index contributed by atoms with van der Waals surface area (Å²) in [5.41, 5.74) is 0. The Morgan fingerprint density at radius 1 is 1.42 bits per heavy atom. The largest absolute Gasteiger partial charge is 0.486 e. The van der Waals surface area contributed by atoms with Crippen LogP contribution >= 0.6 is 11.3 Å². The Hall–Kier alpha value is -1.34. The van der Waals surface area contributed by atoms with Crippen molar-refractivity contribution < 1.29 is 9.53 Å². The first-order valence-electron chi connectivity index (χ1n) is 6.40. The summed E-state index contributed by atoms with van der Waals surface area (Å²) in [6.45, 7) is 3.89. The number of rotatable bonds is 2. The fourth-order valence-electron chi connectivity index (χ4n) is 2.98.